The number of benzene rings is 1. The Bertz CT molecular complexity index is 553. The summed E-state index contributed by atoms with van der Waals surface area (Å²) in [6.07, 6.45) is 1.05. The lowest BCUT2D eigenvalue weighted by molar-refractivity contribution is 0.595. The van der Waals surface area contributed by atoms with Crippen LogP contribution in [-0.2, 0) is 0 Å². The first kappa shape index (κ1) is 14.5. The van der Waals surface area contributed by atoms with Crippen molar-refractivity contribution in [2.45, 2.75) is 26.3 Å². The van der Waals surface area contributed by atoms with Crippen LogP contribution in [0.3, 0.4) is 0 Å². The maximum Gasteiger partial charge on any atom is 0.126 e. The van der Waals surface area contributed by atoms with Gasteiger partial charge in [0.25, 0.3) is 0 Å². The second kappa shape index (κ2) is 6.51. The molecule has 0 aliphatic heterocycles. The molecule has 102 valence electrons. The van der Waals surface area contributed by atoms with Crippen LogP contribution < -0.4 is 5.32 Å². The average molecular weight is 298 g/mol. The molecule has 1 atom stereocenters. The smallest absolute Gasteiger partial charge is 0.126 e. The molecule has 0 fully saturated rings. The Kier molecular flexibility index (Phi) is 4.97. The molecule has 0 saturated carbocycles. The van der Waals surface area contributed by atoms with Gasteiger partial charge in [-0.15, -0.1) is 11.3 Å². The van der Waals surface area contributed by atoms with E-state index in [1.807, 2.05) is 24.3 Å². The third-order valence-corrected chi connectivity index (χ3v) is 4.29. The fraction of sp³-hybridized carbons (Fsp3) is 0.333. The molecule has 19 heavy (non-hydrogen) atoms. The van der Waals surface area contributed by atoms with E-state index >= 15 is 0 Å². The van der Waals surface area contributed by atoms with E-state index in [1.54, 1.807) is 18.3 Å². The highest BCUT2D eigenvalue weighted by molar-refractivity contribution is 7.16. The van der Waals surface area contributed by atoms with E-state index in [1.165, 1.54) is 6.07 Å². The van der Waals surface area contributed by atoms with Crippen LogP contribution in [-0.4, -0.2) is 6.54 Å². The SMILES string of the molecule is CCCNC(c1ccc(F)c(C)c1)c1ccc(Cl)s1. The van der Waals surface area contributed by atoms with Crippen molar-refractivity contribution in [2.24, 2.45) is 0 Å². The van der Waals surface area contributed by atoms with E-state index in [4.69, 9.17) is 11.6 Å². The van der Waals surface area contributed by atoms with Gasteiger partial charge >= 0.3 is 0 Å². The van der Waals surface area contributed by atoms with Crippen molar-refractivity contribution in [3.63, 3.8) is 0 Å². The van der Waals surface area contributed by atoms with Crippen LogP contribution in [0, 0.1) is 12.7 Å². The zero-order chi connectivity index (χ0) is 13.8. The molecule has 2 rings (SSSR count). The predicted molar refractivity (Wildman–Crippen MR) is 80.6 cm³/mol. The normalized spacial score (nSPS) is 12.6. The molecule has 4 heteroatoms. The second-order valence-electron chi connectivity index (χ2n) is 4.54. The molecule has 1 unspecified atom stereocenters. The summed E-state index contributed by atoms with van der Waals surface area (Å²) in [6.45, 7) is 4.83. The van der Waals surface area contributed by atoms with E-state index in [2.05, 4.69) is 12.2 Å². The summed E-state index contributed by atoms with van der Waals surface area (Å²) in [5.74, 6) is -0.165. The molecule has 0 aliphatic carbocycles. The molecule has 1 N–H and O–H groups in total. The van der Waals surface area contributed by atoms with E-state index in [9.17, 15) is 4.39 Å². The summed E-state index contributed by atoms with van der Waals surface area (Å²) in [7, 11) is 0. The minimum absolute atomic E-state index is 0.0803. The van der Waals surface area contributed by atoms with Gasteiger partial charge in [-0.25, -0.2) is 4.39 Å². The van der Waals surface area contributed by atoms with Crippen molar-refractivity contribution in [3.05, 3.63) is 56.5 Å². The third kappa shape index (κ3) is 3.56. The van der Waals surface area contributed by atoms with Crippen molar-refractivity contribution in [1.82, 2.24) is 5.32 Å². The Hall–Kier alpha value is -0.900. The summed E-state index contributed by atoms with van der Waals surface area (Å²) in [4.78, 5) is 1.16. The molecule has 1 heterocycles. The van der Waals surface area contributed by atoms with E-state index in [0.717, 1.165) is 27.7 Å². The first-order valence-corrected chi connectivity index (χ1v) is 7.56. The minimum atomic E-state index is -0.165. The molecule has 1 aromatic heterocycles. The Labute approximate surface area is 122 Å². The highest BCUT2D eigenvalue weighted by Crippen LogP contribution is 2.31. The van der Waals surface area contributed by atoms with Crippen LogP contribution in [0.15, 0.2) is 30.3 Å². The molecule has 2 aromatic rings. The van der Waals surface area contributed by atoms with Crippen molar-refractivity contribution >= 4 is 22.9 Å². The Morgan fingerprint density at radius 3 is 2.68 bits per heavy atom. The van der Waals surface area contributed by atoms with Gasteiger partial charge < -0.3 is 5.32 Å². The lowest BCUT2D eigenvalue weighted by Crippen LogP contribution is -2.22. The van der Waals surface area contributed by atoms with Gasteiger partial charge in [0.2, 0.25) is 0 Å². The van der Waals surface area contributed by atoms with Gasteiger partial charge in [0.05, 0.1) is 10.4 Å². The fourth-order valence-corrected chi connectivity index (χ4v) is 3.17. The highest BCUT2D eigenvalue weighted by atomic mass is 35.5. The lowest BCUT2D eigenvalue weighted by Gasteiger charge is -2.18. The number of hydrogen-bond donors (Lipinski definition) is 1. The quantitative estimate of drug-likeness (QED) is 0.824. The fourth-order valence-electron chi connectivity index (χ4n) is 2.00. The van der Waals surface area contributed by atoms with E-state index < -0.39 is 0 Å². The summed E-state index contributed by atoms with van der Waals surface area (Å²) in [5, 5.41) is 3.49. The van der Waals surface area contributed by atoms with Gasteiger partial charge in [0.1, 0.15) is 5.82 Å². The summed E-state index contributed by atoms with van der Waals surface area (Å²) in [6, 6.07) is 9.27. The number of thiophene rings is 1. The first-order chi connectivity index (χ1) is 9.11. The summed E-state index contributed by atoms with van der Waals surface area (Å²) in [5.41, 5.74) is 1.74. The number of halogens is 2. The molecule has 1 aromatic carbocycles. The summed E-state index contributed by atoms with van der Waals surface area (Å²) >= 11 is 7.57. The number of rotatable bonds is 5. The molecule has 1 nitrogen and oxygen atoms in total. The minimum Gasteiger partial charge on any atom is -0.306 e. The standard InChI is InChI=1S/C15H17ClFNS/c1-3-8-18-15(13-6-7-14(16)19-13)11-4-5-12(17)10(2)9-11/h4-7,9,15,18H,3,8H2,1-2H3. The van der Waals surface area contributed by atoms with Crippen LogP contribution in [0.25, 0.3) is 0 Å². The molecular weight excluding hydrogens is 281 g/mol. The predicted octanol–water partition coefficient (Wildman–Crippen LogP) is 4.94. The van der Waals surface area contributed by atoms with Crippen LogP contribution in [0.5, 0.6) is 0 Å². The Morgan fingerprint density at radius 2 is 2.11 bits per heavy atom. The van der Waals surface area contributed by atoms with Crippen LogP contribution in [0.1, 0.15) is 35.4 Å². The molecule has 0 bridgehead atoms. The Balaban J connectivity index is 2.33. The molecule has 0 saturated heterocycles. The van der Waals surface area contributed by atoms with E-state index in [0.29, 0.717) is 5.56 Å². The number of aryl methyl sites for hydroxylation is 1. The highest BCUT2D eigenvalue weighted by Gasteiger charge is 2.16. The van der Waals surface area contributed by atoms with Crippen molar-refractivity contribution in [1.29, 1.82) is 0 Å². The van der Waals surface area contributed by atoms with Crippen molar-refractivity contribution < 1.29 is 4.39 Å². The van der Waals surface area contributed by atoms with Gasteiger partial charge in [0.15, 0.2) is 0 Å². The van der Waals surface area contributed by atoms with Gasteiger partial charge in [-0.1, -0.05) is 30.7 Å². The van der Waals surface area contributed by atoms with Crippen LogP contribution in [0.2, 0.25) is 4.34 Å². The number of hydrogen-bond acceptors (Lipinski definition) is 2. The maximum absolute atomic E-state index is 13.4. The largest absolute Gasteiger partial charge is 0.306 e. The molecule has 0 amide bonds. The zero-order valence-corrected chi connectivity index (χ0v) is 12.6. The topological polar surface area (TPSA) is 12.0 Å². The van der Waals surface area contributed by atoms with Crippen molar-refractivity contribution in [2.75, 3.05) is 6.54 Å². The maximum atomic E-state index is 13.4. The monoisotopic (exact) mass is 297 g/mol. The van der Waals surface area contributed by atoms with Gasteiger partial charge in [-0.3, -0.25) is 0 Å². The molecule has 0 spiro atoms. The van der Waals surface area contributed by atoms with Crippen LogP contribution in [0.4, 0.5) is 4.39 Å². The average Bonchev–Trinajstić information content (AvgIpc) is 2.80. The molecule has 0 aliphatic rings. The molecule has 0 radical (unpaired) electrons. The summed E-state index contributed by atoms with van der Waals surface area (Å²) < 4.78 is 14.2. The first-order valence-electron chi connectivity index (χ1n) is 6.36. The Morgan fingerprint density at radius 1 is 1.32 bits per heavy atom. The second-order valence-corrected chi connectivity index (χ2v) is 6.28. The van der Waals surface area contributed by atoms with Crippen molar-refractivity contribution in [3.8, 4) is 0 Å². The zero-order valence-electron chi connectivity index (χ0n) is 11.0. The van der Waals surface area contributed by atoms with E-state index in [-0.39, 0.29) is 11.9 Å². The van der Waals surface area contributed by atoms with Crippen LogP contribution >= 0.6 is 22.9 Å². The van der Waals surface area contributed by atoms with Gasteiger partial charge in [0, 0.05) is 4.88 Å². The third-order valence-electron chi connectivity index (χ3n) is 2.99. The van der Waals surface area contributed by atoms with Gasteiger partial charge in [-0.2, -0.15) is 0 Å². The lowest BCUT2D eigenvalue weighted by atomic mass is 10.0. The molecular formula is C15H17ClFNS. The van der Waals surface area contributed by atoms with Gasteiger partial charge in [-0.05, 0) is 49.2 Å². The number of nitrogens with one attached hydrogen (secondary N) is 1.